The molecule has 0 bridgehead atoms. The molecular weight excluding hydrogens is 314 g/mol. The van der Waals surface area contributed by atoms with Crippen LogP contribution in [0.5, 0.6) is 0 Å². The van der Waals surface area contributed by atoms with Crippen LogP contribution in [0.2, 0.25) is 5.02 Å². The van der Waals surface area contributed by atoms with E-state index in [1.807, 2.05) is 0 Å². The van der Waals surface area contributed by atoms with Gasteiger partial charge in [0.15, 0.2) is 0 Å². The van der Waals surface area contributed by atoms with Crippen LogP contribution in [0.3, 0.4) is 0 Å². The van der Waals surface area contributed by atoms with E-state index in [1.54, 1.807) is 32.0 Å². The highest BCUT2D eigenvalue weighted by molar-refractivity contribution is 9.10. The van der Waals surface area contributed by atoms with E-state index in [0.717, 1.165) is 0 Å². The molecule has 0 atom stereocenters. The first-order chi connectivity index (χ1) is 7.55. The van der Waals surface area contributed by atoms with Gasteiger partial charge in [-0.1, -0.05) is 17.7 Å². The molecule has 6 heteroatoms. The molecule has 0 saturated carbocycles. The lowest BCUT2D eigenvalue weighted by Gasteiger charge is -2.18. The lowest BCUT2D eigenvalue weighted by atomic mass is 10.4. The van der Waals surface area contributed by atoms with Crippen molar-refractivity contribution in [3.63, 3.8) is 0 Å². The monoisotopic (exact) mass is 326 g/mol. The van der Waals surface area contributed by atoms with Crippen LogP contribution in [-0.4, -0.2) is 13.2 Å². The Hall–Kier alpha value is 0.140. The van der Waals surface area contributed by atoms with Crippen LogP contribution in [0.15, 0.2) is 22.7 Å². The maximum absolute atomic E-state index is 12.5. The molecule has 1 rings (SSSR count). The van der Waals surface area contributed by atoms with Crippen LogP contribution >= 0.6 is 35.1 Å². The Morgan fingerprint density at radius 1 is 1.31 bits per heavy atom. The average Bonchev–Trinajstić information content (AvgIpc) is 2.22. The summed E-state index contributed by atoms with van der Waals surface area (Å²) in [4.78, 5) is 0. The number of halogens is 2. The predicted octanol–water partition coefficient (Wildman–Crippen LogP) is 3.99. The normalized spacial score (nSPS) is 11.8. The molecule has 16 heavy (non-hydrogen) atoms. The van der Waals surface area contributed by atoms with Gasteiger partial charge in [-0.2, -0.15) is 0 Å². The first-order valence-electron chi connectivity index (χ1n) is 4.88. The maximum Gasteiger partial charge on any atom is 0.362 e. The van der Waals surface area contributed by atoms with E-state index in [1.165, 1.54) is 0 Å². The van der Waals surface area contributed by atoms with Gasteiger partial charge in [0.05, 0.1) is 28.0 Å². The zero-order valence-electron chi connectivity index (χ0n) is 9.07. The summed E-state index contributed by atoms with van der Waals surface area (Å²) in [5.74, 6) is 0. The largest absolute Gasteiger partial charge is 0.362 e. The summed E-state index contributed by atoms with van der Waals surface area (Å²) >= 11 is 9.23. The number of rotatable bonds is 5. The van der Waals surface area contributed by atoms with Crippen LogP contribution in [-0.2, 0) is 13.6 Å². The van der Waals surface area contributed by atoms with Crippen molar-refractivity contribution < 1.29 is 13.6 Å². The topological polar surface area (TPSA) is 35.5 Å². The predicted molar refractivity (Wildman–Crippen MR) is 69.6 cm³/mol. The summed E-state index contributed by atoms with van der Waals surface area (Å²) in [5, 5.41) is 0.945. The van der Waals surface area contributed by atoms with Gasteiger partial charge in [0.2, 0.25) is 0 Å². The van der Waals surface area contributed by atoms with Gasteiger partial charge in [0.25, 0.3) is 0 Å². The maximum atomic E-state index is 12.5. The summed E-state index contributed by atoms with van der Waals surface area (Å²) in [5.41, 5.74) is 0. The molecule has 3 nitrogen and oxygen atoms in total. The van der Waals surface area contributed by atoms with E-state index in [9.17, 15) is 4.57 Å². The van der Waals surface area contributed by atoms with Crippen molar-refractivity contribution in [3.8, 4) is 0 Å². The molecule has 0 N–H and O–H groups in total. The third-order valence-electron chi connectivity index (χ3n) is 1.82. The van der Waals surface area contributed by atoms with Crippen molar-refractivity contribution in [2.24, 2.45) is 0 Å². The van der Waals surface area contributed by atoms with Crippen molar-refractivity contribution in [3.05, 3.63) is 27.7 Å². The Morgan fingerprint density at radius 3 is 2.38 bits per heavy atom. The summed E-state index contributed by atoms with van der Waals surface area (Å²) in [7, 11) is -3.27. The Bertz CT molecular complexity index is 401. The Balaban J connectivity index is 3.21. The fraction of sp³-hybridized carbons (Fsp3) is 0.400. The zero-order valence-corrected chi connectivity index (χ0v) is 12.3. The molecular formula is C10H13BrClO3P. The van der Waals surface area contributed by atoms with E-state index in [4.69, 9.17) is 20.6 Å². The van der Waals surface area contributed by atoms with Gasteiger partial charge in [0.1, 0.15) is 0 Å². The van der Waals surface area contributed by atoms with E-state index >= 15 is 0 Å². The standard InChI is InChI=1S/C10H13BrClO3P/c1-3-14-16(13,15-4-2)9-7-5-6-8(12)10(9)11/h5-7H,3-4H2,1-2H3. The fourth-order valence-electron chi connectivity index (χ4n) is 1.22. The lowest BCUT2D eigenvalue weighted by Crippen LogP contribution is -2.12. The molecule has 0 aromatic heterocycles. The molecule has 90 valence electrons. The SMILES string of the molecule is CCOP(=O)(OCC)c1cccc(Cl)c1Br. The van der Waals surface area contributed by atoms with Gasteiger partial charge in [-0.25, -0.2) is 0 Å². The van der Waals surface area contributed by atoms with Crippen LogP contribution in [0, 0.1) is 0 Å². The lowest BCUT2D eigenvalue weighted by molar-refractivity contribution is 0.230. The smallest absolute Gasteiger partial charge is 0.305 e. The Labute approximate surface area is 109 Å². The Kier molecular flexibility index (Phi) is 5.48. The zero-order chi connectivity index (χ0) is 12.2. The molecule has 0 aliphatic rings. The van der Waals surface area contributed by atoms with E-state index in [0.29, 0.717) is 28.0 Å². The average molecular weight is 328 g/mol. The molecule has 0 spiro atoms. The molecule has 0 amide bonds. The van der Waals surface area contributed by atoms with E-state index < -0.39 is 7.60 Å². The highest BCUT2D eigenvalue weighted by atomic mass is 79.9. The van der Waals surface area contributed by atoms with Gasteiger partial charge in [0, 0.05) is 0 Å². The fourth-order valence-corrected chi connectivity index (χ4v) is 4.04. The second kappa shape index (κ2) is 6.18. The van der Waals surface area contributed by atoms with Gasteiger partial charge < -0.3 is 9.05 Å². The van der Waals surface area contributed by atoms with Crippen molar-refractivity contribution >= 4 is 40.4 Å². The van der Waals surface area contributed by atoms with Crippen molar-refractivity contribution in [2.45, 2.75) is 13.8 Å². The third-order valence-corrected chi connectivity index (χ3v) is 5.69. The second-order valence-corrected chi connectivity index (χ2v) is 6.10. The van der Waals surface area contributed by atoms with Crippen molar-refractivity contribution in [2.75, 3.05) is 13.2 Å². The first kappa shape index (κ1) is 14.2. The number of hydrogen-bond acceptors (Lipinski definition) is 3. The van der Waals surface area contributed by atoms with Gasteiger partial charge >= 0.3 is 7.60 Å². The minimum atomic E-state index is -3.27. The van der Waals surface area contributed by atoms with E-state index in [-0.39, 0.29) is 0 Å². The van der Waals surface area contributed by atoms with Crippen LogP contribution in [0.1, 0.15) is 13.8 Å². The molecule has 0 unspecified atom stereocenters. The third kappa shape index (κ3) is 3.08. The summed E-state index contributed by atoms with van der Waals surface area (Å²) in [6, 6.07) is 5.10. The van der Waals surface area contributed by atoms with Crippen LogP contribution in [0.25, 0.3) is 0 Å². The van der Waals surface area contributed by atoms with Gasteiger partial charge in [-0.15, -0.1) is 0 Å². The molecule has 0 aliphatic carbocycles. The molecule has 1 aromatic carbocycles. The van der Waals surface area contributed by atoms with Crippen molar-refractivity contribution in [1.82, 2.24) is 0 Å². The van der Waals surface area contributed by atoms with Crippen LogP contribution in [0.4, 0.5) is 0 Å². The van der Waals surface area contributed by atoms with Crippen LogP contribution < -0.4 is 5.30 Å². The summed E-state index contributed by atoms with van der Waals surface area (Å²) in [6.45, 7) is 4.17. The highest BCUT2D eigenvalue weighted by Gasteiger charge is 2.29. The molecule has 0 radical (unpaired) electrons. The van der Waals surface area contributed by atoms with Gasteiger partial charge in [-0.05, 0) is 41.9 Å². The molecule has 0 heterocycles. The molecule has 1 aromatic rings. The number of hydrogen-bond donors (Lipinski definition) is 0. The highest BCUT2D eigenvalue weighted by Crippen LogP contribution is 2.49. The summed E-state index contributed by atoms with van der Waals surface area (Å²) < 4.78 is 23.5. The summed E-state index contributed by atoms with van der Waals surface area (Å²) in [6.07, 6.45) is 0. The first-order valence-corrected chi connectivity index (χ1v) is 7.60. The quantitative estimate of drug-likeness (QED) is 0.767. The Morgan fingerprint density at radius 2 is 1.88 bits per heavy atom. The molecule has 0 fully saturated rings. The minimum Gasteiger partial charge on any atom is -0.305 e. The van der Waals surface area contributed by atoms with E-state index in [2.05, 4.69) is 15.9 Å². The second-order valence-electron chi connectivity index (χ2n) is 2.91. The number of benzene rings is 1. The minimum absolute atomic E-state index is 0.316. The van der Waals surface area contributed by atoms with Crippen molar-refractivity contribution in [1.29, 1.82) is 0 Å². The molecule has 0 aliphatic heterocycles. The molecule has 0 saturated heterocycles. The van der Waals surface area contributed by atoms with Gasteiger partial charge in [-0.3, -0.25) is 4.57 Å².